The number of nitrogens with zero attached hydrogens (tertiary/aromatic N) is 10. The van der Waals surface area contributed by atoms with E-state index in [0.29, 0.717) is 67.6 Å². The number of carbonyl (C=O) groups is 2. The third-order valence-corrected chi connectivity index (χ3v) is 16.2. The average Bonchev–Trinajstić information content (AvgIpc) is 1.59. The molecule has 0 saturated carbocycles. The Hall–Kier alpha value is -7.66. The minimum Gasteiger partial charge on any atom is -0.465 e. The molecule has 1 amide bonds. The monoisotopic (exact) mass is 1280 g/mol. The molecule has 4 aromatic heterocycles. The summed E-state index contributed by atoms with van der Waals surface area (Å²) in [6.07, 6.45) is -6.45. The Morgan fingerprint density at radius 1 is 0.826 bits per heavy atom. The summed E-state index contributed by atoms with van der Waals surface area (Å²) in [6, 6.07) is 20.9. The van der Waals surface area contributed by atoms with Gasteiger partial charge >= 0.3 is 17.8 Å². The van der Waals surface area contributed by atoms with E-state index in [1.807, 2.05) is 17.0 Å². The van der Waals surface area contributed by atoms with Gasteiger partial charge in [0.05, 0.1) is 62.6 Å². The minimum atomic E-state index is -1.61. The average molecular weight is 1280 g/mol. The Bertz CT molecular complexity index is 3510. The van der Waals surface area contributed by atoms with Crippen molar-refractivity contribution in [3.8, 4) is 11.8 Å². The zero-order chi connectivity index (χ0) is 65.6. The number of amides is 1. The number of anilines is 2. The van der Waals surface area contributed by atoms with Crippen molar-refractivity contribution in [3.05, 3.63) is 128 Å². The van der Waals surface area contributed by atoms with Gasteiger partial charge in [0.25, 0.3) is 5.56 Å². The third kappa shape index (κ3) is 17.5. The van der Waals surface area contributed by atoms with Gasteiger partial charge in [-0.15, -0.1) is 11.0 Å². The predicted octanol–water partition coefficient (Wildman–Crippen LogP) is 2.49. The van der Waals surface area contributed by atoms with Gasteiger partial charge in [0, 0.05) is 76.2 Å². The van der Waals surface area contributed by atoms with Crippen molar-refractivity contribution in [2.24, 2.45) is 7.05 Å². The minimum absolute atomic E-state index is 0.00452. The van der Waals surface area contributed by atoms with Crippen LogP contribution in [0.15, 0.2) is 88.6 Å². The SMILES string of the molecule is CC#CCn1c(N2CCC[C@@H](NC(=O)OC(C)(C)C)C2)nc2c1c(=O)n(Cc1nc(NCCCCCCCn3cc(CN(CC(O)C(O)[C@@H]4OC(c5ccccc5)OC[C@H]4O)CC(O)C(O)[C@@H]4OC(c5ccccc5)OC[C@H]4O)nn3)ccc1C(=O)OC)c(=O)n2C. The van der Waals surface area contributed by atoms with Crippen LogP contribution in [0.5, 0.6) is 0 Å². The first-order valence-electron chi connectivity index (χ1n) is 31.2. The lowest BCUT2D eigenvalue weighted by Crippen LogP contribution is -2.56. The van der Waals surface area contributed by atoms with Crippen LogP contribution in [0.1, 0.15) is 118 Å². The fraction of sp³-hybridized carbons (Fsp3) is 0.562. The van der Waals surface area contributed by atoms with Gasteiger partial charge in [-0.25, -0.2) is 19.4 Å². The summed E-state index contributed by atoms with van der Waals surface area (Å²) in [5, 5.41) is 82.8. The zero-order valence-electron chi connectivity index (χ0n) is 52.8. The van der Waals surface area contributed by atoms with Crippen LogP contribution >= 0.6 is 0 Å². The van der Waals surface area contributed by atoms with Crippen LogP contribution in [-0.4, -0.2) is 200 Å². The van der Waals surface area contributed by atoms with E-state index < -0.39 is 90.3 Å². The standard InChI is InChI=1S/C64H86N12O16/c1-7-8-31-75-51-56(68-61(75)73-29-20-25-42(33-73)66-62(85)92-64(2,3)4)71(5)63(86)76(57(51)83)35-45-44(58(84)87-6)26-27-50(67-45)65-28-18-10-9-11-19-30-74-34-43(69-70-74)32-72(36-46(77)52(81)54-48(79)38-88-59(90-54)40-21-14-12-15-22-40)37-47(78)53(82)55-49(80)39-89-60(91-55)41-23-16-13-17-24-41/h12-17,21-24,26-27,34,42,46-49,52-55,59-60,77-82H,9-11,18-20,25,28-33,35-39H2,1-6H3,(H,65,67)(H,66,85)/t42-,46?,47?,48-,49-,52?,53?,54-,55-,59?,60?/m1/s1. The maximum atomic E-state index is 14.6. The topological polar surface area (TPSA) is 347 Å². The molecule has 6 aromatic rings. The molecule has 0 spiro atoms. The van der Waals surface area contributed by atoms with Crippen molar-refractivity contribution in [1.29, 1.82) is 0 Å². The largest absolute Gasteiger partial charge is 0.465 e. The van der Waals surface area contributed by atoms with Gasteiger partial charge in [0.1, 0.15) is 48.0 Å². The van der Waals surface area contributed by atoms with Gasteiger partial charge in [0.2, 0.25) is 5.95 Å². The van der Waals surface area contributed by atoms with Crippen LogP contribution < -0.4 is 26.8 Å². The molecule has 8 N–H and O–H groups in total. The highest BCUT2D eigenvalue weighted by molar-refractivity contribution is 5.90. The van der Waals surface area contributed by atoms with Crippen LogP contribution in [0.4, 0.5) is 16.6 Å². The van der Waals surface area contributed by atoms with Gasteiger partial charge in [-0.3, -0.25) is 28.1 Å². The lowest BCUT2D eigenvalue weighted by molar-refractivity contribution is -0.285. The van der Waals surface area contributed by atoms with Crippen molar-refractivity contribution in [1.82, 2.24) is 48.9 Å². The number of ether oxygens (including phenoxy) is 6. The van der Waals surface area contributed by atoms with Crippen LogP contribution in [0.2, 0.25) is 0 Å². The summed E-state index contributed by atoms with van der Waals surface area (Å²) in [5.74, 6) is 6.07. The van der Waals surface area contributed by atoms with Crippen molar-refractivity contribution in [3.63, 3.8) is 0 Å². The molecule has 3 saturated heterocycles. The number of methoxy groups -OCH3 is 1. The Labute approximate surface area is 532 Å². The van der Waals surface area contributed by atoms with Crippen LogP contribution in [0, 0.1) is 11.8 Å². The summed E-state index contributed by atoms with van der Waals surface area (Å²) >= 11 is 0. The number of rotatable bonds is 27. The number of esters is 1. The number of unbranched alkanes of at least 4 members (excludes halogenated alkanes) is 4. The quantitative estimate of drug-likeness (QED) is 0.0209. The van der Waals surface area contributed by atoms with Gasteiger partial charge in [-0.2, -0.15) is 4.98 Å². The third-order valence-electron chi connectivity index (χ3n) is 16.2. The summed E-state index contributed by atoms with van der Waals surface area (Å²) < 4.78 is 39.6. The van der Waals surface area contributed by atoms with Crippen LogP contribution in [0.3, 0.4) is 0 Å². The fourth-order valence-electron chi connectivity index (χ4n) is 11.5. The molecule has 7 heterocycles. The van der Waals surface area contributed by atoms with Crippen LogP contribution in [-0.2, 0) is 61.6 Å². The summed E-state index contributed by atoms with van der Waals surface area (Å²) in [4.78, 5) is 67.7. The number of pyridine rings is 1. The second-order valence-electron chi connectivity index (χ2n) is 24.4. The highest BCUT2D eigenvalue weighted by Gasteiger charge is 2.43. The molecule has 0 bridgehead atoms. The smallest absolute Gasteiger partial charge is 0.407 e. The number of alkyl carbamates (subject to hydrolysis) is 1. The van der Waals surface area contributed by atoms with E-state index >= 15 is 0 Å². The number of nitrogens with one attached hydrogen (secondary N) is 2. The van der Waals surface area contributed by atoms with Gasteiger partial charge < -0.3 is 74.6 Å². The number of aliphatic hydroxyl groups is 6. The molecule has 0 aliphatic carbocycles. The van der Waals surface area contributed by atoms with Crippen molar-refractivity contribution in [2.75, 3.05) is 63.3 Å². The molecule has 11 atom stereocenters. The predicted molar refractivity (Wildman–Crippen MR) is 335 cm³/mol. The number of hydrogen-bond donors (Lipinski definition) is 8. The first-order chi connectivity index (χ1) is 44.2. The number of aryl methyl sites for hydroxylation is 2. The van der Waals surface area contributed by atoms with Crippen molar-refractivity contribution < 1.29 is 68.6 Å². The second kappa shape index (κ2) is 31.8. The molecule has 0 radical (unpaired) electrons. The lowest BCUT2D eigenvalue weighted by atomic mass is 9.99. The Morgan fingerprint density at radius 3 is 2.05 bits per heavy atom. The van der Waals surface area contributed by atoms with E-state index in [4.69, 9.17) is 38.4 Å². The molecule has 3 aliphatic rings. The molecular formula is C64H86N12O16. The van der Waals surface area contributed by atoms with Crippen LogP contribution in [0.25, 0.3) is 11.2 Å². The fourth-order valence-corrected chi connectivity index (χ4v) is 11.5. The maximum Gasteiger partial charge on any atom is 0.407 e. The normalized spacial score (nSPS) is 21.7. The summed E-state index contributed by atoms with van der Waals surface area (Å²) in [6.45, 7) is 7.91. The maximum absolute atomic E-state index is 14.6. The first-order valence-corrected chi connectivity index (χ1v) is 31.2. The highest BCUT2D eigenvalue weighted by atomic mass is 16.7. The highest BCUT2D eigenvalue weighted by Crippen LogP contribution is 2.32. The number of imidazole rings is 1. The number of carbonyl (C=O) groups excluding carboxylic acids is 2. The number of fused-ring (bicyclic) bond motifs is 1. The molecule has 6 unspecified atom stereocenters. The molecule has 28 nitrogen and oxygen atoms in total. The summed E-state index contributed by atoms with van der Waals surface area (Å²) in [5.41, 5.74) is 0.284. The first kappa shape index (κ1) is 68.7. The number of piperidine rings is 1. The van der Waals surface area contributed by atoms with E-state index in [1.54, 1.807) is 109 Å². The Kier molecular flexibility index (Phi) is 23.7. The molecule has 2 aromatic carbocycles. The molecule has 9 rings (SSSR count). The number of hydrogen-bond acceptors (Lipinski definition) is 23. The lowest BCUT2D eigenvalue weighted by Gasteiger charge is -2.40. The Morgan fingerprint density at radius 2 is 1.45 bits per heavy atom. The van der Waals surface area contributed by atoms with Gasteiger partial charge in [-0.1, -0.05) is 91.1 Å². The van der Waals surface area contributed by atoms with Crippen molar-refractivity contribution in [2.45, 2.75) is 172 Å². The van der Waals surface area contributed by atoms with Crippen molar-refractivity contribution >= 4 is 35.0 Å². The molecular weight excluding hydrogens is 1190 g/mol. The molecule has 3 aliphatic heterocycles. The number of aliphatic hydroxyl groups excluding tert-OH is 6. The molecule has 3 fully saturated rings. The second-order valence-corrected chi connectivity index (χ2v) is 24.4. The van der Waals surface area contributed by atoms with E-state index in [1.165, 1.54) is 18.7 Å². The van der Waals surface area contributed by atoms with Gasteiger partial charge in [-0.05, 0) is 65.5 Å². The zero-order valence-corrected chi connectivity index (χ0v) is 52.8. The van der Waals surface area contributed by atoms with E-state index in [2.05, 4.69) is 32.8 Å². The molecule has 28 heteroatoms. The molecule has 498 valence electrons. The van der Waals surface area contributed by atoms with E-state index in [9.17, 15) is 49.8 Å². The van der Waals surface area contributed by atoms with E-state index in [0.717, 1.165) is 36.7 Å². The molecule has 92 heavy (non-hydrogen) atoms. The summed E-state index contributed by atoms with van der Waals surface area (Å²) in [7, 11) is 2.76. The Balaban J connectivity index is 0.798. The van der Waals surface area contributed by atoms with E-state index in [-0.39, 0.29) is 74.4 Å². The number of aromatic nitrogens is 8. The van der Waals surface area contributed by atoms with Gasteiger partial charge in [0.15, 0.2) is 23.7 Å². The number of benzene rings is 2.